The first kappa shape index (κ1) is 12.3. The van der Waals surface area contributed by atoms with Gasteiger partial charge in [0.25, 0.3) is 5.89 Å². The Morgan fingerprint density at radius 2 is 1.95 bits per heavy atom. The van der Waals surface area contributed by atoms with E-state index in [9.17, 15) is 4.39 Å². The Bertz CT molecular complexity index is 767. The number of para-hydroxylation sites is 1. The second kappa shape index (κ2) is 4.77. The molecule has 0 bridgehead atoms. The fourth-order valence-corrected chi connectivity index (χ4v) is 1.93. The second-order valence-electron chi connectivity index (χ2n) is 4.47. The van der Waals surface area contributed by atoms with Gasteiger partial charge in [0, 0.05) is 16.8 Å². The number of hydrogen-bond donors (Lipinski definition) is 1. The molecular formula is C15H12FN3O. The number of nitrogen functional groups attached to an aromatic ring is 1. The van der Waals surface area contributed by atoms with E-state index in [2.05, 4.69) is 10.1 Å². The highest BCUT2D eigenvalue weighted by Crippen LogP contribution is 2.26. The van der Waals surface area contributed by atoms with Crippen LogP contribution in [0.25, 0.3) is 22.8 Å². The summed E-state index contributed by atoms with van der Waals surface area (Å²) in [6.07, 6.45) is 0. The maximum atomic E-state index is 13.3. The molecule has 0 saturated carbocycles. The summed E-state index contributed by atoms with van der Waals surface area (Å²) in [7, 11) is 0. The van der Waals surface area contributed by atoms with Gasteiger partial charge in [0.2, 0.25) is 5.82 Å². The minimum absolute atomic E-state index is 0.263. The van der Waals surface area contributed by atoms with E-state index in [0.717, 1.165) is 0 Å². The van der Waals surface area contributed by atoms with Crippen LogP contribution in [0.2, 0.25) is 0 Å². The van der Waals surface area contributed by atoms with Crippen molar-refractivity contribution in [3.8, 4) is 22.8 Å². The van der Waals surface area contributed by atoms with Gasteiger partial charge >= 0.3 is 0 Å². The highest BCUT2D eigenvalue weighted by atomic mass is 19.1. The van der Waals surface area contributed by atoms with Crippen molar-refractivity contribution < 1.29 is 8.91 Å². The number of halogens is 1. The molecule has 3 aromatic rings. The molecule has 1 aromatic heterocycles. The van der Waals surface area contributed by atoms with E-state index in [1.165, 1.54) is 6.07 Å². The third kappa shape index (κ3) is 2.14. The first-order valence-corrected chi connectivity index (χ1v) is 6.10. The van der Waals surface area contributed by atoms with Gasteiger partial charge in [-0.05, 0) is 42.8 Å². The summed E-state index contributed by atoms with van der Waals surface area (Å²) in [6.45, 7) is 1.69. The van der Waals surface area contributed by atoms with Crippen LogP contribution in [0.1, 0.15) is 5.56 Å². The van der Waals surface area contributed by atoms with Crippen molar-refractivity contribution in [1.29, 1.82) is 0 Å². The lowest BCUT2D eigenvalue weighted by Gasteiger charge is -1.99. The molecule has 0 amide bonds. The van der Waals surface area contributed by atoms with Crippen LogP contribution in [0.5, 0.6) is 0 Å². The molecular weight excluding hydrogens is 257 g/mol. The Labute approximate surface area is 115 Å². The summed E-state index contributed by atoms with van der Waals surface area (Å²) >= 11 is 0. The molecule has 0 unspecified atom stereocenters. The summed E-state index contributed by atoms with van der Waals surface area (Å²) in [5.41, 5.74) is 8.37. The van der Waals surface area contributed by atoms with Gasteiger partial charge in [-0.15, -0.1) is 0 Å². The van der Waals surface area contributed by atoms with Crippen molar-refractivity contribution in [2.24, 2.45) is 0 Å². The molecule has 0 atom stereocenters. The molecule has 4 nitrogen and oxygen atoms in total. The van der Waals surface area contributed by atoms with Crippen molar-refractivity contribution in [3.63, 3.8) is 0 Å². The Kier molecular flexibility index (Phi) is 2.95. The summed E-state index contributed by atoms with van der Waals surface area (Å²) in [5, 5.41) is 3.92. The van der Waals surface area contributed by atoms with Gasteiger partial charge in [0.15, 0.2) is 0 Å². The Morgan fingerprint density at radius 1 is 1.15 bits per heavy atom. The fraction of sp³-hybridized carbons (Fsp3) is 0.0667. The zero-order chi connectivity index (χ0) is 14.1. The van der Waals surface area contributed by atoms with E-state index in [1.807, 2.05) is 18.2 Å². The standard InChI is InChI=1S/C15H12FN3O/c1-9-8-10(6-7-12(9)16)15-18-14(19-20-15)11-4-2-3-5-13(11)17/h2-8H,17H2,1H3. The van der Waals surface area contributed by atoms with Gasteiger partial charge in [-0.1, -0.05) is 17.3 Å². The van der Waals surface area contributed by atoms with Gasteiger partial charge in [-0.3, -0.25) is 0 Å². The van der Waals surface area contributed by atoms with Gasteiger partial charge in [-0.25, -0.2) is 4.39 Å². The van der Waals surface area contributed by atoms with Crippen LogP contribution in [0, 0.1) is 12.7 Å². The number of aromatic nitrogens is 2. The monoisotopic (exact) mass is 269 g/mol. The van der Waals surface area contributed by atoms with E-state index in [4.69, 9.17) is 10.3 Å². The molecule has 0 saturated heterocycles. The van der Waals surface area contributed by atoms with Crippen LogP contribution in [0.4, 0.5) is 10.1 Å². The molecule has 0 aliphatic carbocycles. The van der Waals surface area contributed by atoms with E-state index in [-0.39, 0.29) is 5.82 Å². The number of benzene rings is 2. The van der Waals surface area contributed by atoms with Gasteiger partial charge in [0.05, 0.1) is 0 Å². The molecule has 20 heavy (non-hydrogen) atoms. The highest BCUT2D eigenvalue weighted by Gasteiger charge is 2.13. The van der Waals surface area contributed by atoms with E-state index in [1.54, 1.807) is 25.1 Å². The third-order valence-corrected chi connectivity index (χ3v) is 3.03. The number of nitrogens with two attached hydrogens (primary N) is 1. The number of nitrogens with zero attached hydrogens (tertiary/aromatic N) is 2. The smallest absolute Gasteiger partial charge is 0.258 e. The van der Waals surface area contributed by atoms with Gasteiger partial charge < -0.3 is 10.3 Å². The molecule has 0 aliphatic rings. The largest absolute Gasteiger partial charge is 0.398 e. The van der Waals surface area contributed by atoms with Crippen LogP contribution >= 0.6 is 0 Å². The fourth-order valence-electron chi connectivity index (χ4n) is 1.93. The lowest BCUT2D eigenvalue weighted by Crippen LogP contribution is -1.90. The van der Waals surface area contributed by atoms with E-state index >= 15 is 0 Å². The quantitative estimate of drug-likeness (QED) is 0.724. The van der Waals surface area contributed by atoms with Crippen LogP contribution in [0.15, 0.2) is 47.0 Å². The van der Waals surface area contributed by atoms with Crippen molar-refractivity contribution in [2.45, 2.75) is 6.92 Å². The first-order valence-electron chi connectivity index (χ1n) is 6.10. The zero-order valence-electron chi connectivity index (χ0n) is 10.8. The number of rotatable bonds is 2. The summed E-state index contributed by atoms with van der Waals surface area (Å²) in [4.78, 5) is 4.30. The van der Waals surface area contributed by atoms with Crippen molar-refractivity contribution in [2.75, 3.05) is 5.73 Å². The van der Waals surface area contributed by atoms with Crippen LogP contribution in [-0.4, -0.2) is 10.1 Å². The van der Waals surface area contributed by atoms with E-state index < -0.39 is 0 Å². The lowest BCUT2D eigenvalue weighted by molar-refractivity contribution is 0.432. The van der Waals surface area contributed by atoms with Crippen molar-refractivity contribution >= 4 is 5.69 Å². The summed E-state index contributed by atoms with van der Waals surface area (Å²) < 4.78 is 18.5. The SMILES string of the molecule is Cc1cc(-c2nc(-c3ccccc3N)no2)ccc1F. The molecule has 2 aromatic carbocycles. The van der Waals surface area contributed by atoms with E-state index in [0.29, 0.717) is 34.1 Å². The average molecular weight is 269 g/mol. The predicted octanol–water partition coefficient (Wildman–Crippen LogP) is 3.43. The summed E-state index contributed by atoms with van der Waals surface area (Å²) in [6, 6.07) is 11.9. The normalized spacial score (nSPS) is 10.7. The van der Waals surface area contributed by atoms with Crippen LogP contribution in [-0.2, 0) is 0 Å². The predicted molar refractivity (Wildman–Crippen MR) is 74.3 cm³/mol. The maximum absolute atomic E-state index is 13.3. The Balaban J connectivity index is 2.02. The molecule has 0 radical (unpaired) electrons. The topological polar surface area (TPSA) is 64.9 Å². The van der Waals surface area contributed by atoms with Crippen molar-refractivity contribution in [1.82, 2.24) is 10.1 Å². The molecule has 0 aliphatic heterocycles. The minimum Gasteiger partial charge on any atom is -0.398 e. The van der Waals surface area contributed by atoms with Gasteiger partial charge in [0.1, 0.15) is 5.82 Å². The van der Waals surface area contributed by atoms with Gasteiger partial charge in [-0.2, -0.15) is 4.98 Å². The van der Waals surface area contributed by atoms with Crippen molar-refractivity contribution in [3.05, 3.63) is 53.8 Å². The highest BCUT2D eigenvalue weighted by molar-refractivity contribution is 5.72. The molecule has 0 spiro atoms. The Morgan fingerprint density at radius 3 is 2.70 bits per heavy atom. The molecule has 5 heteroatoms. The molecule has 100 valence electrons. The van der Waals surface area contributed by atoms with Crippen LogP contribution in [0.3, 0.4) is 0 Å². The average Bonchev–Trinajstić information content (AvgIpc) is 2.92. The number of anilines is 1. The number of aryl methyl sites for hydroxylation is 1. The summed E-state index contributed by atoms with van der Waals surface area (Å²) in [5.74, 6) is 0.493. The lowest BCUT2D eigenvalue weighted by atomic mass is 10.1. The number of hydrogen-bond acceptors (Lipinski definition) is 4. The molecule has 0 fully saturated rings. The molecule has 3 rings (SSSR count). The maximum Gasteiger partial charge on any atom is 0.258 e. The third-order valence-electron chi connectivity index (χ3n) is 3.03. The second-order valence-corrected chi connectivity index (χ2v) is 4.47. The first-order chi connectivity index (χ1) is 9.65. The molecule has 1 heterocycles. The van der Waals surface area contributed by atoms with Crippen LogP contribution < -0.4 is 5.73 Å². The minimum atomic E-state index is -0.263. The zero-order valence-corrected chi connectivity index (χ0v) is 10.8. The Hall–Kier alpha value is -2.69. The molecule has 2 N–H and O–H groups in total.